The number of allylic oxidation sites excluding steroid dienone is 1. The first-order valence-corrected chi connectivity index (χ1v) is 10.9. The molecule has 8 heteroatoms. The van der Waals surface area contributed by atoms with Gasteiger partial charge >= 0.3 is 0 Å². The Morgan fingerprint density at radius 2 is 1.93 bits per heavy atom. The van der Waals surface area contributed by atoms with Crippen molar-refractivity contribution in [3.63, 3.8) is 0 Å². The number of amides is 1. The SMILES string of the molecule is CCOc1ccc(NC(=O)C2=C(C)Nc3ncnn3C2c2ccc(SC)cc2)cc1. The average molecular weight is 422 g/mol. The van der Waals surface area contributed by atoms with Crippen molar-refractivity contribution in [1.29, 1.82) is 0 Å². The van der Waals surface area contributed by atoms with Gasteiger partial charge in [-0.15, -0.1) is 11.8 Å². The molecule has 4 rings (SSSR count). The molecule has 0 fully saturated rings. The minimum atomic E-state index is -0.373. The number of fused-ring (bicyclic) bond motifs is 1. The van der Waals surface area contributed by atoms with E-state index in [1.807, 2.05) is 56.5 Å². The smallest absolute Gasteiger partial charge is 0.255 e. The predicted octanol–water partition coefficient (Wildman–Crippen LogP) is 4.33. The zero-order valence-electron chi connectivity index (χ0n) is 17.0. The van der Waals surface area contributed by atoms with E-state index in [1.54, 1.807) is 16.4 Å². The normalized spacial score (nSPS) is 15.4. The summed E-state index contributed by atoms with van der Waals surface area (Å²) in [5, 5.41) is 10.6. The maximum atomic E-state index is 13.3. The molecular weight excluding hydrogens is 398 g/mol. The lowest BCUT2D eigenvalue weighted by Gasteiger charge is -2.28. The summed E-state index contributed by atoms with van der Waals surface area (Å²) < 4.78 is 7.22. The van der Waals surface area contributed by atoms with Gasteiger partial charge in [0.15, 0.2) is 0 Å². The van der Waals surface area contributed by atoms with E-state index < -0.39 is 0 Å². The zero-order valence-corrected chi connectivity index (χ0v) is 17.9. The van der Waals surface area contributed by atoms with Crippen molar-refractivity contribution in [2.75, 3.05) is 23.5 Å². The number of thioether (sulfide) groups is 1. The van der Waals surface area contributed by atoms with Gasteiger partial charge < -0.3 is 15.4 Å². The van der Waals surface area contributed by atoms with E-state index in [4.69, 9.17) is 4.74 Å². The van der Waals surface area contributed by atoms with Crippen molar-refractivity contribution < 1.29 is 9.53 Å². The summed E-state index contributed by atoms with van der Waals surface area (Å²) in [6.45, 7) is 4.42. The van der Waals surface area contributed by atoms with Crippen LogP contribution in [0.3, 0.4) is 0 Å². The highest BCUT2D eigenvalue weighted by Gasteiger charge is 2.33. The van der Waals surface area contributed by atoms with E-state index in [9.17, 15) is 4.79 Å². The number of rotatable bonds is 6. The number of carbonyl (C=O) groups is 1. The Bertz CT molecular complexity index is 1070. The van der Waals surface area contributed by atoms with Gasteiger partial charge in [-0.1, -0.05) is 12.1 Å². The van der Waals surface area contributed by atoms with Crippen LogP contribution < -0.4 is 15.4 Å². The fraction of sp³-hybridized carbons (Fsp3) is 0.227. The fourth-order valence-corrected chi connectivity index (χ4v) is 3.89. The largest absolute Gasteiger partial charge is 0.494 e. The van der Waals surface area contributed by atoms with Crippen molar-refractivity contribution in [2.45, 2.75) is 24.8 Å². The van der Waals surface area contributed by atoms with E-state index in [-0.39, 0.29) is 11.9 Å². The molecule has 2 N–H and O–H groups in total. The quantitative estimate of drug-likeness (QED) is 0.577. The lowest BCUT2D eigenvalue weighted by atomic mass is 9.95. The molecule has 0 aliphatic carbocycles. The number of nitrogens with one attached hydrogen (secondary N) is 2. The van der Waals surface area contributed by atoms with Crippen LogP contribution in [0.4, 0.5) is 11.6 Å². The average Bonchev–Trinajstić information content (AvgIpc) is 3.22. The molecule has 1 amide bonds. The van der Waals surface area contributed by atoms with E-state index >= 15 is 0 Å². The molecule has 0 saturated carbocycles. The summed E-state index contributed by atoms with van der Waals surface area (Å²) >= 11 is 1.68. The van der Waals surface area contributed by atoms with Gasteiger partial charge in [-0.2, -0.15) is 10.1 Å². The zero-order chi connectivity index (χ0) is 21.1. The number of carbonyl (C=O) groups excluding carboxylic acids is 1. The van der Waals surface area contributed by atoms with Crippen LogP contribution >= 0.6 is 11.8 Å². The molecule has 2 aromatic carbocycles. The van der Waals surface area contributed by atoms with Gasteiger partial charge in [-0.05, 0) is 62.1 Å². The van der Waals surface area contributed by atoms with E-state index in [2.05, 4.69) is 32.8 Å². The second-order valence-corrected chi connectivity index (χ2v) is 7.66. The van der Waals surface area contributed by atoms with Crippen LogP contribution in [0.1, 0.15) is 25.5 Å². The molecule has 7 nitrogen and oxygen atoms in total. The van der Waals surface area contributed by atoms with Crippen LogP contribution in [0.2, 0.25) is 0 Å². The summed E-state index contributed by atoms with van der Waals surface area (Å²) in [5.41, 5.74) is 3.01. The van der Waals surface area contributed by atoms with Crippen LogP contribution in [0.5, 0.6) is 5.75 Å². The molecule has 0 bridgehead atoms. The Kier molecular flexibility index (Phi) is 5.76. The van der Waals surface area contributed by atoms with Crippen molar-refractivity contribution in [3.05, 3.63) is 71.7 Å². The number of benzene rings is 2. The Morgan fingerprint density at radius 3 is 2.60 bits per heavy atom. The predicted molar refractivity (Wildman–Crippen MR) is 119 cm³/mol. The minimum absolute atomic E-state index is 0.191. The third kappa shape index (κ3) is 3.91. The van der Waals surface area contributed by atoms with Gasteiger partial charge in [-0.3, -0.25) is 4.79 Å². The van der Waals surface area contributed by atoms with Crippen LogP contribution in [0.25, 0.3) is 0 Å². The van der Waals surface area contributed by atoms with Crippen LogP contribution in [0, 0.1) is 0 Å². The number of hydrogen-bond acceptors (Lipinski definition) is 6. The standard InChI is InChI=1S/C22H23N5O2S/c1-4-29-17-9-7-16(8-10-17)26-21(28)19-14(2)25-22-23-13-24-27(22)20(19)15-5-11-18(30-3)12-6-15/h5-13,20H,4H2,1-3H3,(H,26,28)(H,23,24,25). The monoisotopic (exact) mass is 421 g/mol. The van der Waals surface area contributed by atoms with Gasteiger partial charge in [0.2, 0.25) is 5.95 Å². The minimum Gasteiger partial charge on any atom is -0.494 e. The number of anilines is 2. The van der Waals surface area contributed by atoms with Crippen molar-refractivity contribution in [2.24, 2.45) is 0 Å². The highest BCUT2D eigenvalue weighted by molar-refractivity contribution is 7.98. The molecule has 1 aliphatic rings. The summed E-state index contributed by atoms with van der Waals surface area (Å²) in [5.74, 6) is 1.19. The third-order valence-electron chi connectivity index (χ3n) is 4.89. The van der Waals surface area contributed by atoms with E-state index in [0.29, 0.717) is 23.8 Å². The highest BCUT2D eigenvalue weighted by Crippen LogP contribution is 2.35. The van der Waals surface area contributed by atoms with E-state index in [0.717, 1.165) is 21.9 Å². The Morgan fingerprint density at radius 1 is 1.20 bits per heavy atom. The number of hydrogen-bond donors (Lipinski definition) is 2. The van der Waals surface area contributed by atoms with Crippen molar-refractivity contribution in [3.8, 4) is 5.75 Å². The highest BCUT2D eigenvalue weighted by atomic mass is 32.2. The molecule has 2 heterocycles. The van der Waals surface area contributed by atoms with Gasteiger partial charge in [0, 0.05) is 16.3 Å². The number of ether oxygens (including phenoxy) is 1. The Balaban J connectivity index is 1.67. The number of aromatic nitrogens is 3. The molecule has 1 aliphatic heterocycles. The van der Waals surface area contributed by atoms with Crippen molar-refractivity contribution in [1.82, 2.24) is 14.8 Å². The van der Waals surface area contributed by atoms with Crippen LogP contribution in [0.15, 0.2) is 71.0 Å². The molecule has 1 unspecified atom stereocenters. The first kappa shape index (κ1) is 20.0. The fourth-order valence-electron chi connectivity index (χ4n) is 3.48. The third-order valence-corrected chi connectivity index (χ3v) is 5.64. The summed E-state index contributed by atoms with van der Waals surface area (Å²) in [7, 11) is 0. The van der Waals surface area contributed by atoms with Gasteiger partial charge in [-0.25, -0.2) is 4.68 Å². The van der Waals surface area contributed by atoms with Crippen LogP contribution in [-0.2, 0) is 4.79 Å². The van der Waals surface area contributed by atoms with E-state index in [1.165, 1.54) is 6.33 Å². The molecule has 1 aromatic heterocycles. The van der Waals surface area contributed by atoms with Gasteiger partial charge in [0.05, 0.1) is 12.2 Å². The molecule has 3 aromatic rings. The Hall–Kier alpha value is -3.26. The molecule has 1 atom stereocenters. The molecule has 0 radical (unpaired) electrons. The molecule has 154 valence electrons. The summed E-state index contributed by atoms with van der Waals surface area (Å²) in [6, 6.07) is 15.1. The van der Waals surface area contributed by atoms with Gasteiger partial charge in [0.25, 0.3) is 5.91 Å². The lowest BCUT2D eigenvalue weighted by Crippen LogP contribution is -2.31. The second-order valence-electron chi connectivity index (χ2n) is 6.78. The first-order chi connectivity index (χ1) is 14.6. The van der Waals surface area contributed by atoms with Crippen LogP contribution in [-0.4, -0.2) is 33.5 Å². The Labute approximate surface area is 179 Å². The second kappa shape index (κ2) is 8.62. The molecule has 0 saturated heterocycles. The number of nitrogens with zero attached hydrogens (tertiary/aromatic N) is 3. The first-order valence-electron chi connectivity index (χ1n) is 9.66. The van der Waals surface area contributed by atoms with Crippen molar-refractivity contribution >= 4 is 29.3 Å². The molecule has 30 heavy (non-hydrogen) atoms. The summed E-state index contributed by atoms with van der Waals surface area (Å²) in [4.78, 5) is 18.8. The van der Waals surface area contributed by atoms with Gasteiger partial charge in [0.1, 0.15) is 18.1 Å². The lowest BCUT2D eigenvalue weighted by molar-refractivity contribution is -0.113. The summed E-state index contributed by atoms with van der Waals surface area (Å²) in [6.07, 6.45) is 3.53. The topological polar surface area (TPSA) is 81.1 Å². The maximum absolute atomic E-state index is 13.3. The molecule has 0 spiro atoms. The maximum Gasteiger partial charge on any atom is 0.255 e. The molecular formula is C22H23N5O2S.